The van der Waals surface area contributed by atoms with Crippen molar-refractivity contribution in [1.29, 1.82) is 0 Å². The van der Waals surface area contributed by atoms with Crippen LogP contribution < -0.4 is 0 Å². The predicted molar refractivity (Wildman–Crippen MR) is 79.0 cm³/mol. The molecular weight excluding hydrogens is 312 g/mol. The lowest BCUT2D eigenvalue weighted by Gasteiger charge is -2.13. The van der Waals surface area contributed by atoms with E-state index < -0.39 is 6.10 Å². The van der Waals surface area contributed by atoms with Crippen molar-refractivity contribution in [2.75, 3.05) is 0 Å². The van der Waals surface area contributed by atoms with Gasteiger partial charge >= 0.3 is 0 Å². The van der Waals surface area contributed by atoms with Crippen LogP contribution in [0.5, 0.6) is 0 Å². The number of hydrogen-bond acceptors (Lipinski definition) is 1. The molecule has 2 rings (SSSR count). The van der Waals surface area contributed by atoms with Crippen LogP contribution in [0.2, 0.25) is 5.02 Å². The van der Waals surface area contributed by atoms with Gasteiger partial charge in [0.25, 0.3) is 0 Å². The minimum absolute atomic E-state index is 0.614. The quantitative estimate of drug-likeness (QED) is 0.863. The minimum Gasteiger partial charge on any atom is -0.384 e. The third kappa shape index (κ3) is 3.14. The highest BCUT2D eigenvalue weighted by Crippen LogP contribution is 2.28. The summed E-state index contributed by atoms with van der Waals surface area (Å²) in [5.41, 5.74) is 2.93. The summed E-state index contributed by atoms with van der Waals surface area (Å²) in [7, 11) is 0. The van der Waals surface area contributed by atoms with Crippen molar-refractivity contribution >= 4 is 27.5 Å². The van der Waals surface area contributed by atoms with Crippen LogP contribution in [-0.4, -0.2) is 5.11 Å². The zero-order valence-electron chi connectivity index (χ0n) is 10.0. The summed E-state index contributed by atoms with van der Waals surface area (Å²) in [5.74, 6) is 0. The number of hydrogen-bond donors (Lipinski definition) is 1. The van der Waals surface area contributed by atoms with Gasteiger partial charge in [-0.25, -0.2) is 0 Å². The monoisotopic (exact) mass is 324 g/mol. The molecular formula is C15H14BrClO. The van der Waals surface area contributed by atoms with Gasteiger partial charge in [0.15, 0.2) is 0 Å². The second-order valence-corrected chi connectivity index (χ2v) is 5.55. The molecule has 0 aliphatic heterocycles. The minimum atomic E-state index is -0.647. The Balaban J connectivity index is 2.31. The molecule has 94 valence electrons. The van der Waals surface area contributed by atoms with Gasteiger partial charge in [0.05, 0.1) is 0 Å². The molecule has 0 fully saturated rings. The third-order valence-corrected chi connectivity index (χ3v) is 3.58. The van der Waals surface area contributed by atoms with Gasteiger partial charge < -0.3 is 5.11 Å². The Morgan fingerprint density at radius 2 is 1.78 bits per heavy atom. The SMILES string of the molecule is CCc1ccc(C(O)c2cc(Cl)cc(Br)c2)cc1. The molecule has 1 atom stereocenters. The molecule has 0 radical (unpaired) electrons. The lowest BCUT2D eigenvalue weighted by molar-refractivity contribution is 0.220. The van der Waals surface area contributed by atoms with Crippen molar-refractivity contribution in [2.45, 2.75) is 19.4 Å². The Labute approximate surface area is 121 Å². The number of rotatable bonds is 3. The van der Waals surface area contributed by atoms with E-state index in [-0.39, 0.29) is 0 Å². The maximum Gasteiger partial charge on any atom is 0.104 e. The molecule has 18 heavy (non-hydrogen) atoms. The number of aliphatic hydroxyl groups excluding tert-OH is 1. The van der Waals surface area contributed by atoms with Gasteiger partial charge in [-0.2, -0.15) is 0 Å². The van der Waals surface area contributed by atoms with Gasteiger partial charge in [0.2, 0.25) is 0 Å². The summed E-state index contributed by atoms with van der Waals surface area (Å²) in [5, 5.41) is 10.9. The molecule has 1 nitrogen and oxygen atoms in total. The molecule has 1 unspecified atom stereocenters. The van der Waals surface area contributed by atoms with E-state index in [9.17, 15) is 5.11 Å². The van der Waals surface area contributed by atoms with Crippen LogP contribution in [0.4, 0.5) is 0 Å². The van der Waals surface area contributed by atoms with E-state index in [1.165, 1.54) is 5.56 Å². The maximum absolute atomic E-state index is 10.3. The van der Waals surface area contributed by atoms with E-state index in [4.69, 9.17) is 11.6 Å². The van der Waals surface area contributed by atoms with Crippen LogP contribution in [0.15, 0.2) is 46.9 Å². The topological polar surface area (TPSA) is 20.2 Å². The fraction of sp³-hybridized carbons (Fsp3) is 0.200. The van der Waals surface area contributed by atoms with E-state index >= 15 is 0 Å². The first-order valence-corrected chi connectivity index (χ1v) is 7.00. The summed E-state index contributed by atoms with van der Waals surface area (Å²) in [4.78, 5) is 0. The Hall–Kier alpha value is -0.830. The average Bonchev–Trinajstić information content (AvgIpc) is 2.37. The summed E-state index contributed by atoms with van der Waals surface area (Å²) in [6.07, 6.45) is 0.352. The van der Waals surface area contributed by atoms with Gasteiger partial charge in [-0.05, 0) is 41.3 Å². The lowest BCUT2D eigenvalue weighted by Crippen LogP contribution is -2.00. The zero-order chi connectivity index (χ0) is 13.1. The van der Waals surface area contributed by atoms with Crippen molar-refractivity contribution in [2.24, 2.45) is 0 Å². The molecule has 3 heteroatoms. The molecule has 0 heterocycles. The largest absolute Gasteiger partial charge is 0.384 e. The Morgan fingerprint density at radius 1 is 1.11 bits per heavy atom. The van der Waals surface area contributed by atoms with Crippen LogP contribution in [0.3, 0.4) is 0 Å². The molecule has 1 N–H and O–H groups in total. The zero-order valence-corrected chi connectivity index (χ0v) is 12.4. The first-order valence-electron chi connectivity index (χ1n) is 5.83. The normalized spacial score (nSPS) is 12.4. The van der Waals surface area contributed by atoms with E-state index in [0.29, 0.717) is 5.02 Å². The molecule has 0 aliphatic carbocycles. The third-order valence-electron chi connectivity index (χ3n) is 2.90. The van der Waals surface area contributed by atoms with Crippen LogP contribution in [0.25, 0.3) is 0 Å². The van der Waals surface area contributed by atoms with Crippen LogP contribution in [-0.2, 0) is 6.42 Å². The highest BCUT2D eigenvalue weighted by molar-refractivity contribution is 9.10. The van der Waals surface area contributed by atoms with Crippen molar-refractivity contribution in [3.63, 3.8) is 0 Å². The number of aryl methyl sites for hydroxylation is 1. The first-order chi connectivity index (χ1) is 8.60. The van der Waals surface area contributed by atoms with Gasteiger partial charge in [-0.1, -0.05) is 58.7 Å². The van der Waals surface area contributed by atoms with Gasteiger partial charge in [-0.3, -0.25) is 0 Å². The van der Waals surface area contributed by atoms with E-state index in [0.717, 1.165) is 22.0 Å². The summed E-state index contributed by atoms with van der Waals surface area (Å²) >= 11 is 9.37. The fourth-order valence-electron chi connectivity index (χ4n) is 1.86. The smallest absolute Gasteiger partial charge is 0.104 e. The van der Waals surface area contributed by atoms with E-state index in [1.807, 2.05) is 30.3 Å². The molecule has 0 aromatic heterocycles. The van der Waals surface area contributed by atoms with Crippen LogP contribution >= 0.6 is 27.5 Å². The first kappa shape index (κ1) is 13.6. The van der Waals surface area contributed by atoms with Crippen LogP contribution in [0.1, 0.15) is 29.7 Å². The molecule has 2 aromatic carbocycles. The highest BCUT2D eigenvalue weighted by atomic mass is 79.9. The predicted octanol–water partition coefficient (Wildman–Crippen LogP) is 4.75. The van der Waals surface area contributed by atoms with Gasteiger partial charge in [-0.15, -0.1) is 0 Å². The van der Waals surface area contributed by atoms with Crippen molar-refractivity contribution in [3.8, 4) is 0 Å². The van der Waals surface area contributed by atoms with Crippen molar-refractivity contribution in [1.82, 2.24) is 0 Å². The maximum atomic E-state index is 10.3. The standard InChI is InChI=1S/C15H14BrClO/c1-2-10-3-5-11(6-4-10)15(18)12-7-13(16)9-14(17)8-12/h3-9,15,18H,2H2,1H3. The van der Waals surface area contributed by atoms with E-state index in [1.54, 1.807) is 12.1 Å². The Kier molecular flexibility index (Phi) is 4.44. The van der Waals surface area contributed by atoms with Crippen LogP contribution in [0, 0.1) is 0 Å². The number of halogens is 2. The number of aliphatic hydroxyl groups is 1. The van der Waals surface area contributed by atoms with Crippen molar-refractivity contribution in [3.05, 3.63) is 68.7 Å². The average molecular weight is 326 g/mol. The van der Waals surface area contributed by atoms with Crippen molar-refractivity contribution < 1.29 is 5.11 Å². The molecule has 0 saturated carbocycles. The molecule has 0 amide bonds. The molecule has 0 spiro atoms. The second kappa shape index (κ2) is 5.87. The molecule has 0 aliphatic rings. The summed E-state index contributed by atoms with van der Waals surface area (Å²) in [6.45, 7) is 2.11. The molecule has 0 bridgehead atoms. The molecule has 2 aromatic rings. The van der Waals surface area contributed by atoms with Gasteiger partial charge in [0, 0.05) is 9.50 Å². The lowest BCUT2D eigenvalue weighted by atomic mass is 10.00. The Bertz CT molecular complexity index is 516. The molecule has 0 saturated heterocycles. The summed E-state index contributed by atoms with van der Waals surface area (Å²) < 4.78 is 0.870. The fourth-order valence-corrected chi connectivity index (χ4v) is 2.75. The second-order valence-electron chi connectivity index (χ2n) is 4.20. The highest BCUT2D eigenvalue weighted by Gasteiger charge is 2.11. The van der Waals surface area contributed by atoms with Gasteiger partial charge in [0.1, 0.15) is 6.10 Å². The Morgan fingerprint density at radius 3 is 2.33 bits per heavy atom. The van der Waals surface area contributed by atoms with E-state index in [2.05, 4.69) is 22.9 Å². The number of benzene rings is 2. The summed E-state index contributed by atoms with van der Waals surface area (Å²) in [6, 6.07) is 13.5.